The zero-order chi connectivity index (χ0) is 13.8. The Morgan fingerprint density at radius 3 is 2.67 bits per heavy atom. The molecule has 0 unspecified atom stereocenters. The predicted molar refractivity (Wildman–Crippen MR) is 67.1 cm³/mol. The van der Waals surface area contributed by atoms with Crippen molar-refractivity contribution in [2.45, 2.75) is 30.1 Å². The molecule has 0 amide bonds. The Labute approximate surface area is 109 Å². The SMILES string of the molecule is CCc1ccc(S(=O)(=O)NCC[C@H](O)C(=O)O)s1. The Morgan fingerprint density at radius 1 is 1.50 bits per heavy atom. The van der Waals surface area contributed by atoms with Crippen LogP contribution in [0.4, 0.5) is 0 Å². The second-order valence-electron chi connectivity index (χ2n) is 3.61. The molecule has 8 heteroatoms. The maximum atomic E-state index is 11.8. The summed E-state index contributed by atoms with van der Waals surface area (Å²) >= 11 is 1.18. The van der Waals surface area contributed by atoms with E-state index in [2.05, 4.69) is 4.72 Å². The lowest BCUT2D eigenvalue weighted by Crippen LogP contribution is -2.29. The van der Waals surface area contributed by atoms with E-state index < -0.39 is 22.1 Å². The highest BCUT2D eigenvalue weighted by Crippen LogP contribution is 2.21. The standard InChI is InChI=1S/C10H15NO5S2/c1-2-7-3-4-9(17-7)18(15,16)11-6-5-8(12)10(13)14/h3-4,8,11-12H,2,5-6H2,1H3,(H,13,14)/t8-/m0/s1. The topological polar surface area (TPSA) is 104 Å². The van der Waals surface area contributed by atoms with Gasteiger partial charge in [0.25, 0.3) is 0 Å². The van der Waals surface area contributed by atoms with Crippen LogP contribution in [0.15, 0.2) is 16.3 Å². The Morgan fingerprint density at radius 2 is 2.17 bits per heavy atom. The summed E-state index contributed by atoms with van der Waals surface area (Å²) in [6.07, 6.45) is -0.958. The van der Waals surface area contributed by atoms with Gasteiger partial charge in [0.2, 0.25) is 10.0 Å². The second-order valence-corrected chi connectivity index (χ2v) is 6.78. The molecule has 3 N–H and O–H groups in total. The lowest BCUT2D eigenvalue weighted by molar-refractivity contribution is -0.146. The van der Waals surface area contributed by atoms with E-state index in [-0.39, 0.29) is 17.2 Å². The molecule has 0 spiro atoms. The molecule has 6 nitrogen and oxygen atoms in total. The van der Waals surface area contributed by atoms with Gasteiger partial charge in [-0.05, 0) is 25.0 Å². The van der Waals surface area contributed by atoms with E-state index in [9.17, 15) is 13.2 Å². The number of aryl methyl sites for hydroxylation is 1. The van der Waals surface area contributed by atoms with Gasteiger partial charge in [0, 0.05) is 11.4 Å². The fourth-order valence-corrected chi connectivity index (χ4v) is 3.60. The average Bonchev–Trinajstić information content (AvgIpc) is 2.77. The van der Waals surface area contributed by atoms with E-state index in [4.69, 9.17) is 10.2 Å². The van der Waals surface area contributed by atoms with Crippen molar-refractivity contribution in [3.05, 3.63) is 17.0 Å². The lowest BCUT2D eigenvalue weighted by atomic mass is 10.3. The Hall–Kier alpha value is -0.960. The van der Waals surface area contributed by atoms with Crippen LogP contribution < -0.4 is 4.72 Å². The molecule has 0 radical (unpaired) electrons. The molecular formula is C10H15NO5S2. The van der Waals surface area contributed by atoms with Gasteiger partial charge >= 0.3 is 5.97 Å². The van der Waals surface area contributed by atoms with Crippen LogP contribution in [-0.2, 0) is 21.2 Å². The largest absolute Gasteiger partial charge is 0.479 e. The quantitative estimate of drug-likeness (QED) is 0.676. The third-order valence-corrected chi connectivity index (χ3v) is 5.43. The summed E-state index contributed by atoms with van der Waals surface area (Å²) in [4.78, 5) is 11.3. The van der Waals surface area contributed by atoms with Crippen molar-refractivity contribution in [3.8, 4) is 0 Å². The van der Waals surface area contributed by atoms with Crippen LogP contribution in [0.3, 0.4) is 0 Å². The number of rotatable bonds is 7. The molecule has 1 aromatic rings. The Bertz CT molecular complexity index is 508. The number of hydrogen-bond acceptors (Lipinski definition) is 5. The monoisotopic (exact) mass is 293 g/mol. The van der Waals surface area contributed by atoms with E-state index in [1.165, 1.54) is 17.4 Å². The Kier molecular flexibility index (Phi) is 5.27. The van der Waals surface area contributed by atoms with Crippen molar-refractivity contribution in [2.75, 3.05) is 6.54 Å². The first-order chi connectivity index (χ1) is 8.36. The minimum atomic E-state index is -3.61. The first-order valence-electron chi connectivity index (χ1n) is 5.36. The van der Waals surface area contributed by atoms with E-state index in [1.54, 1.807) is 6.07 Å². The third kappa shape index (κ3) is 4.05. The molecule has 102 valence electrons. The fourth-order valence-electron chi connectivity index (χ4n) is 1.22. The van der Waals surface area contributed by atoms with Crippen molar-refractivity contribution in [2.24, 2.45) is 0 Å². The molecule has 0 aliphatic carbocycles. The van der Waals surface area contributed by atoms with Crippen LogP contribution in [0, 0.1) is 0 Å². The number of carboxylic acid groups (broad SMARTS) is 1. The van der Waals surface area contributed by atoms with E-state index in [1.807, 2.05) is 6.92 Å². The molecule has 1 aromatic heterocycles. The van der Waals surface area contributed by atoms with Crippen LogP contribution >= 0.6 is 11.3 Å². The normalized spacial score (nSPS) is 13.4. The molecule has 18 heavy (non-hydrogen) atoms. The summed E-state index contributed by atoms with van der Waals surface area (Å²) in [5, 5.41) is 17.4. The number of aliphatic hydroxyl groups excluding tert-OH is 1. The van der Waals surface area contributed by atoms with Gasteiger partial charge in [0.1, 0.15) is 4.21 Å². The smallest absolute Gasteiger partial charge is 0.332 e. The maximum absolute atomic E-state index is 11.8. The first kappa shape index (κ1) is 15.1. The number of hydrogen-bond donors (Lipinski definition) is 3. The molecule has 1 rings (SSSR count). The molecular weight excluding hydrogens is 278 g/mol. The van der Waals surface area contributed by atoms with Crippen molar-refractivity contribution < 1.29 is 23.4 Å². The lowest BCUT2D eigenvalue weighted by Gasteiger charge is -2.06. The first-order valence-corrected chi connectivity index (χ1v) is 7.66. The van der Waals surface area contributed by atoms with Gasteiger partial charge in [0.15, 0.2) is 6.10 Å². The molecule has 0 aromatic carbocycles. The highest BCUT2D eigenvalue weighted by molar-refractivity contribution is 7.91. The molecule has 1 atom stereocenters. The molecule has 1 heterocycles. The molecule has 0 fully saturated rings. The summed E-state index contributed by atoms with van der Waals surface area (Å²) in [7, 11) is -3.61. The summed E-state index contributed by atoms with van der Waals surface area (Å²) in [6.45, 7) is 1.81. The van der Waals surface area contributed by atoms with E-state index in [0.717, 1.165) is 11.3 Å². The molecule has 0 saturated heterocycles. The van der Waals surface area contributed by atoms with Crippen LogP contribution in [-0.4, -0.2) is 37.2 Å². The van der Waals surface area contributed by atoms with E-state index >= 15 is 0 Å². The number of aliphatic hydroxyl groups is 1. The molecule has 0 aliphatic heterocycles. The van der Waals surface area contributed by atoms with E-state index in [0.29, 0.717) is 0 Å². The molecule has 0 aliphatic rings. The van der Waals surface area contributed by atoms with Gasteiger partial charge in [0.05, 0.1) is 0 Å². The van der Waals surface area contributed by atoms with Crippen LogP contribution in [0.2, 0.25) is 0 Å². The summed E-state index contributed by atoms with van der Waals surface area (Å²) in [5.74, 6) is -1.36. The number of thiophene rings is 1. The maximum Gasteiger partial charge on any atom is 0.332 e. The van der Waals surface area contributed by atoms with Gasteiger partial charge in [-0.15, -0.1) is 11.3 Å². The van der Waals surface area contributed by atoms with Crippen LogP contribution in [0.25, 0.3) is 0 Å². The summed E-state index contributed by atoms with van der Waals surface area (Å²) in [5.41, 5.74) is 0. The van der Waals surface area contributed by atoms with Gasteiger partial charge in [-0.25, -0.2) is 17.9 Å². The number of nitrogens with one attached hydrogen (secondary N) is 1. The minimum Gasteiger partial charge on any atom is -0.479 e. The van der Waals surface area contributed by atoms with Crippen LogP contribution in [0.5, 0.6) is 0 Å². The molecule has 0 saturated carbocycles. The minimum absolute atomic E-state index is 0.116. The summed E-state index contributed by atoms with van der Waals surface area (Å²) in [6, 6.07) is 3.25. The second kappa shape index (κ2) is 6.28. The van der Waals surface area contributed by atoms with Gasteiger partial charge < -0.3 is 10.2 Å². The number of aliphatic carboxylic acids is 1. The number of sulfonamides is 1. The Balaban J connectivity index is 2.57. The predicted octanol–water partition coefficient (Wildman–Crippen LogP) is 0.424. The number of carboxylic acids is 1. The average molecular weight is 293 g/mol. The van der Waals surface area contributed by atoms with Crippen molar-refractivity contribution >= 4 is 27.3 Å². The van der Waals surface area contributed by atoms with Gasteiger partial charge in [-0.2, -0.15) is 0 Å². The van der Waals surface area contributed by atoms with Crippen molar-refractivity contribution in [1.29, 1.82) is 0 Å². The van der Waals surface area contributed by atoms with Gasteiger partial charge in [-0.1, -0.05) is 6.92 Å². The van der Waals surface area contributed by atoms with Crippen molar-refractivity contribution in [3.63, 3.8) is 0 Å². The highest BCUT2D eigenvalue weighted by Gasteiger charge is 2.18. The van der Waals surface area contributed by atoms with Crippen LogP contribution in [0.1, 0.15) is 18.2 Å². The number of carbonyl (C=O) groups is 1. The fraction of sp³-hybridized carbons (Fsp3) is 0.500. The zero-order valence-electron chi connectivity index (χ0n) is 9.79. The van der Waals surface area contributed by atoms with Crippen molar-refractivity contribution in [1.82, 2.24) is 4.72 Å². The van der Waals surface area contributed by atoms with Gasteiger partial charge in [-0.3, -0.25) is 0 Å². The summed E-state index contributed by atoms with van der Waals surface area (Å²) < 4.78 is 26.0. The molecule has 0 bridgehead atoms. The highest BCUT2D eigenvalue weighted by atomic mass is 32.2. The zero-order valence-corrected chi connectivity index (χ0v) is 11.4. The third-order valence-electron chi connectivity index (χ3n) is 2.25.